The Bertz CT molecular complexity index is 895. The van der Waals surface area contributed by atoms with E-state index in [-0.39, 0.29) is 18.7 Å². The maximum atomic E-state index is 13.1. The van der Waals surface area contributed by atoms with Crippen LogP contribution in [0.3, 0.4) is 0 Å². The molecular formula is C25H39F3N4O4. The van der Waals surface area contributed by atoms with Crippen molar-refractivity contribution in [2.24, 2.45) is 22.7 Å². The lowest BCUT2D eigenvalue weighted by atomic mass is 9.76. The Morgan fingerprint density at radius 3 is 2.03 bits per heavy atom. The van der Waals surface area contributed by atoms with Gasteiger partial charge in [0.15, 0.2) is 0 Å². The number of hydrogen-bond donors (Lipinski definition) is 3. The highest BCUT2D eigenvalue weighted by molar-refractivity contribution is 5.93. The van der Waals surface area contributed by atoms with Crippen molar-refractivity contribution in [3.05, 3.63) is 0 Å². The average Bonchev–Trinajstić information content (AvgIpc) is 2.92. The number of rotatable bonds is 9. The van der Waals surface area contributed by atoms with E-state index < -0.39 is 70.5 Å². The quantitative estimate of drug-likeness (QED) is 0.433. The van der Waals surface area contributed by atoms with Gasteiger partial charge >= 0.3 is 6.18 Å². The lowest BCUT2D eigenvalue weighted by Gasteiger charge is -2.33. The predicted octanol–water partition coefficient (Wildman–Crippen LogP) is 3.40. The van der Waals surface area contributed by atoms with Gasteiger partial charge in [-0.05, 0) is 43.9 Å². The van der Waals surface area contributed by atoms with E-state index in [9.17, 15) is 37.6 Å². The van der Waals surface area contributed by atoms with Crippen LogP contribution in [0.4, 0.5) is 13.2 Å². The van der Waals surface area contributed by atoms with Crippen molar-refractivity contribution in [3.63, 3.8) is 0 Å². The monoisotopic (exact) mass is 516 g/mol. The minimum Gasteiger partial charge on any atom is -0.351 e. The highest BCUT2D eigenvalue weighted by Gasteiger charge is 2.44. The van der Waals surface area contributed by atoms with Gasteiger partial charge in [-0.15, -0.1) is 0 Å². The molecule has 1 aliphatic heterocycles. The standard InChI is InChI=1S/C25H39F3N4O4/c1-22(2,3)12-17(31-20(35)16(23(4,5)6)10-18(33)25(26,27)28)21(36)30-15(13-29)9-14-11-24(7,8)32-19(14)34/h14-17H,9-12H2,1-8H3,(H,30,36)(H,31,35)(H,32,34). The number of ketones is 1. The number of halogens is 3. The fraction of sp³-hybridized carbons (Fsp3) is 0.800. The van der Waals surface area contributed by atoms with E-state index in [4.69, 9.17) is 0 Å². The molecule has 11 heteroatoms. The first kappa shape index (κ1) is 31.4. The van der Waals surface area contributed by atoms with Crippen LogP contribution in [-0.2, 0) is 19.2 Å². The molecule has 4 atom stereocenters. The van der Waals surface area contributed by atoms with Gasteiger partial charge in [0.1, 0.15) is 12.1 Å². The third kappa shape index (κ3) is 9.78. The van der Waals surface area contributed by atoms with Gasteiger partial charge in [-0.3, -0.25) is 19.2 Å². The van der Waals surface area contributed by atoms with Crippen molar-refractivity contribution in [2.45, 2.75) is 105 Å². The summed E-state index contributed by atoms with van der Waals surface area (Å²) in [5.74, 6) is -5.57. The first-order chi connectivity index (χ1) is 16.1. The van der Waals surface area contributed by atoms with Gasteiger partial charge in [-0.2, -0.15) is 18.4 Å². The van der Waals surface area contributed by atoms with Crippen LogP contribution in [0.5, 0.6) is 0 Å². The number of alkyl halides is 3. The van der Waals surface area contributed by atoms with Gasteiger partial charge in [-0.1, -0.05) is 41.5 Å². The number of nitrogens with zero attached hydrogens (tertiary/aromatic N) is 1. The van der Waals surface area contributed by atoms with Crippen LogP contribution in [0.2, 0.25) is 0 Å². The average molecular weight is 517 g/mol. The summed E-state index contributed by atoms with van der Waals surface area (Å²) in [5.41, 5.74) is -1.89. The molecule has 1 aliphatic rings. The van der Waals surface area contributed by atoms with Crippen molar-refractivity contribution in [3.8, 4) is 6.07 Å². The molecule has 1 rings (SSSR count). The number of Topliss-reactive ketones (excluding diaryl/α,β-unsaturated/α-hetero) is 1. The van der Waals surface area contributed by atoms with Gasteiger partial charge in [0.05, 0.1) is 12.0 Å². The Morgan fingerprint density at radius 1 is 1.08 bits per heavy atom. The number of hydrogen-bond acceptors (Lipinski definition) is 5. The number of carbonyl (C=O) groups is 4. The maximum absolute atomic E-state index is 13.1. The first-order valence-electron chi connectivity index (χ1n) is 12.0. The minimum atomic E-state index is -5.08. The summed E-state index contributed by atoms with van der Waals surface area (Å²) >= 11 is 0. The van der Waals surface area contributed by atoms with Crippen LogP contribution in [0, 0.1) is 34.0 Å². The molecule has 0 aromatic heterocycles. The lowest BCUT2D eigenvalue weighted by Crippen LogP contribution is -2.53. The van der Waals surface area contributed by atoms with Crippen LogP contribution >= 0.6 is 0 Å². The summed E-state index contributed by atoms with van der Waals surface area (Å²) < 4.78 is 38.7. The molecule has 8 nitrogen and oxygen atoms in total. The van der Waals surface area contributed by atoms with E-state index in [0.717, 1.165) is 0 Å². The van der Waals surface area contributed by atoms with Crippen molar-refractivity contribution in [1.82, 2.24) is 16.0 Å². The molecule has 0 saturated carbocycles. The van der Waals surface area contributed by atoms with Crippen LogP contribution in [0.15, 0.2) is 0 Å². The Morgan fingerprint density at radius 2 is 1.64 bits per heavy atom. The van der Waals surface area contributed by atoms with E-state index >= 15 is 0 Å². The van der Waals surface area contributed by atoms with Crippen molar-refractivity contribution < 1.29 is 32.3 Å². The molecule has 3 N–H and O–H groups in total. The topological polar surface area (TPSA) is 128 Å². The number of nitrogens with one attached hydrogen (secondary N) is 3. The Kier molecular flexibility index (Phi) is 9.75. The summed E-state index contributed by atoms with van der Waals surface area (Å²) in [6, 6.07) is -0.193. The summed E-state index contributed by atoms with van der Waals surface area (Å²) in [4.78, 5) is 50.1. The Hall–Kier alpha value is -2.64. The molecule has 0 spiro atoms. The molecule has 4 unspecified atom stereocenters. The van der Waals surface area contributed by atoms with E-state index in [1.807, 2.05) is 40.7 Å². The second-order valence-electron chi connectivity index (χ2n) is 12.6. The van der Waals surface area contributed by atoms with Crippen molar-refractivity contribution in [1.29, 1.82) is 5.26 Å². The SMILES string of the molecule is CC(C)(C)CC(NC(=O)C(CC(=O)C(F)(F)F)C(C)(C)C)C(=O)NC(C#N)CC1CC(C)(C)NC1=O. The smallest absolute Gasteiger partial charge is 0.351 e. The molecule has 0 aliphatic carbocycles. The van der Waals surface area contributed by atoms with E-state index in [2.05, 4.69) is 16.0 Å². The summed E-state index contributed by atoms with van der Waals surface area (Å²) in [6.45, 7) is 13.8. The van der Waals surface area contributed by atoms with E-state index in [1.165, 1.54) is 0 Å². The van der Waals surface area contributed by atoms with Gasteiger partial charge in [-0.25, -0.2) is 0 Å². The summed E-state index contributed by atoms with van der Waals surface area (Å²) in [7, 11) is 0. The summed E-state index contributed by atoms with van der Waals surface area (Å²) in [6.07, 6.45) is -5.42. The molecule has 1 fully saturated rings. The zero-order chi connectivity index (χ0) is 28.3. The Balaban J connectivity index is 3.07. The fourth-order valence-corrected chi connectivity index (χ4v) is 4.27. The van der Waals surface area contributed by atoms with E-state index in [0.29, 0.717) is 6.42 Å². The largest absolute Gasteiger partial charge is 0.449 e. The Labute approximate surface area is 211 Å². The minimum absolute atomic E-state index is 0.0817. The van der Waals surface area contributed by atoms with Crippen LogP contribution in [0.1, 0.15) is 81.1 Å². The normalized spacial score (nSPS) is 20.5. The van der Waals surface area contributed by atoms with Crippen molar-refractivity contribution >= 4 is 23.5 Å². The highest BCUT2D eigenvalue weighted by Crippen LogP contribution is 2.33. The molecule has 0 radical (unpaired) electrons. The van der Waals surface area contributed by atoms with Crippen LogP contribution in [-0.4, -0.2) is 47.3 Å². The van der Waals surface area contributed by atoms with Gasteiger partial charge < -0.3 is 16.0 Å². The fourth-order valence-electron chi connectivity index (χ4n) is 4.27. The molecule has 0 aromatic carbocycles. The molecule has 1 saturated heterocycles. The predicted molar refractivity (Wildman–Crippen MR) is 127 cm³/mol. The van der Waals surface area contributed by atoms with Gasteiger partial charge in [0.2, 0.25) is 23.5 Å². The molecule has 1 heterocycles. The molecule has 0 bridgehead atoms. The van der Waals surface area contributed by atoms with Crippen LogP contribution in [0.25, 0.3) is 0 Å². The zero-order valence-electron chi connectivity index (χ0n) is 22.4. The third-order valence-electron chi connectivity index (χ3n) is 6.10. The molecule has 204 valence electrons. The van der Waals surface area contributed by atoms with E-state index in [1.54, 1.807) is 20.8 Å². The molecule has 3 amide bonds. The molecule has 36 heavy (non-hydrogen) atoms. The second kappa shape index (κ2) is 11.2. The third-order valence-corrected chi connectivity index (χ3v) is 6.10. The van der Waals surface area contributed by atoms with Gasteiger partial charge in [0.25, 0.3) is 0 Å². The van der Waals surface area contributed by atoms with Gasteiger partial charge in [0, 0.05) is 17.9 Å². The number of amides is 3. The zero-order valence-corrected chi connectivity index (χ0v) is 22.4. The summed E-state index contributed by atoms with van der Waals surface area (Å²) in [5, 5.41) is 17.5. The molecular weight excluding hydrogens is 477 g/mol. The van der Waals surface area contributed by atoms with Crippen LogP contribution < -0.4 is 16.0 Å². The highest BCUT2D eigenvalue weighted by atomic mass is 19.4. The number of carbonyl (C=O) groups excluding carboxylic acids is 4. The number of nitriles is 1. The lowest BCUT2D eigenvalue weighted by molar-refractivity contribution is -0.173. The second-order valence-corrected chi connectivity index (χ2v) is 12.6. The first-order valence-corrected chi connectivity index (χ1v) is 12.0. The maximum Gasteiger partial charge on any atom is 0.449 e. The molecule has 0 aromatic rings. The van der Waals surface area contributed by atoms with Crippen molar-refractivity contribution in [2.75, 3.05) is 0 Å².